The molecule has 0 saturated carbocycles. The number of rotatable bonds is 5. The van der Waals surface area contributed by atoms with Crippen LogP contribution in [0.15, 0.2) is 0 Å². The van der Waals surface area contributed by atoms with Gasteiger partial charge in [0.05, 0.1) is 6.07 Å². The van der Waals surface area contributed by atoms with Gasteiger partial charge in [-0.15, -0.1) is 0 Å². The van der Waals surface area contributed by atoms with Gasteiger partial charge in [0.2, 0.25) is 0 Å². The standard InChI is InChI=1S/C14H26N4/c1-3-6-16-14(2,11-15)12-17-8-9-18-7-4-5-13(18)10-17/h13,16H,3-10,12H2,1-2H3. The van der Waals surface area contributed by atoms with Gasteiger partial charge in [-0.3, -0.25) is 15.1 Å². The third-order valence-corrected chi connectivity index (χ3v) is 4.22. The zero-order valence-corrected chi connectivity index (χ0v) is 11.8. The Morgan fingerprint density at radius 1 is 1.39 bits per heavy atom. The van der Waals surface area contributed by atoms with Crippen LogP contribution in [0.1, 0.15) is 33.1 Å². The van der Waals surface area contributed by atoms with E-state index in [1.165, 1.54) is 25.9 Å². The van der Waals surface area contributed by atoms with E-state index in [9.17, 15) is 5.26 Å². The van der Waals surface area contributed by atoms with Crippen molar-refractivity contribution in [3.63, 3.8) is 0 Å². The van der Waals surface area contributed by atoms with Crippen LogP contribution in [0.2, 0.25) is 0 Å². The molecular formula is C14H26N4. The van der Waals surface area contributed by atoms with E-state index in [0.717, 1.165) is 38.6 Å². The number of hydrogen-bond donors (Lipinski definition) is 1. The van der Waals surface area contributed by atoms with E-state index in [-0.39, 0.29) is 0 Å². The smallest absolute Gasteiger partial charge is 0.116 e. The van der Waals surface area contributed by atoms with Gasteiger partial charge < -0.3 is 0 Å². The fraction of sp³-hybridized carbons (Fsp3) is 0.929. The van der Waals surface area contributed by atoms with Crippen molar-refractivity contribution in [3.8, 4) is 6.07 Å². The Morgan fingerprint density at radius 3 is 2.94 bits per heavy atom. The van der Waals surface area contributed by atoms with Crippen molar-refractivity contribution in [1.29, 1.82) is 5.26 Å². The molecule has 4 heteroatoms. The Bertz CT molecular complexity index is 311. The molecule has 0 radical (unpaired) electrons. The predicted molar refractivity (Wildman–Crippen MR) is 73.3 cm³/mol. The minimum atomic E-state index is -0.392. The second kappa shape index (κ2) is 6.01. The average molecular weight is 250 g/mol. The van der Waals surface area contributed by atoms with Gasteiger partial charge in [-0.2, -0.15) is 5.26 Å². The summed E-state index contributed by atoms with van der Waals surface area (Å²) in [7, 11) is 0. The van der Waals surface area contributed by atoms with Gasteiger partial charge in [0.1, 0.15) is 5.54 Å². The van der Waals surface area contributed by atoms with E-state index in [1.807, 2.05) is 6.92 Å². The lowest BCUT2D eigenvalue weighted by Gasteiger charge is -2.40. The number of nitriles is 1. The van der Waals surface area contributed by atoms with Gasteiger partial charge in [0.25, 0.3) is 0 Å². The first kappa shape index (κ1) is 13.8. The summed E-state index contributed by atoms with van der Waals surface area (Å²) in [5, 5.41) is 12.8. The van der Waals surface area contributed by atoms with Crippen molar-refractivity contribution >= 4 is 0 Å². The van der Waals surface area contributed by atoms with Gasteiger partial charge in [-0.25, -0.2) is 0 Å². The fourth-order valence-electron chi connectivity index (χ4n) is 3.18. The number of nitrogens with one attached hydrogen (secondary N) is 1. The van der Waals surface area contributed by atoms with Crippen LogP contribution in [-0.2, 0) is 0 Å². The van der Waals surface area contributed by atoms with Crippen LogP contribution in [-0.4, -0.2) is 60.6 Å². The molecule has 2 heterocycles. The molecule has 2 aliphatic heterocycles. The molecule has 1 N–H and O–H groups in total. The first-order valence-electron chi connectivity index (χ1n) is 7.29. The molecule has 2 rings (SSSR count). The highest BCUT2D eigenvalue weighted by Crippen LogP contribution is 2.22. The summed E-state index contributed by atoms with van der Waals surface area (Å²) in [6.45, 7) is 10.7. The number of fused-ring (bicyclic) bond motifs is 1. The largest absolute Gasteiger partial charge is 0.299 e. The summed E-state index contributed by atoms with van der Waals surface area (Å²) in [5.74, 6) is 0. The lowest BCUT2D eigenvalue weighted by molar-refractivity contribution is 0.0900. The second-order valence-corrected chi connectivity index (χ2v) is 5.94. The lowest BCUT2D eigenvalue weighted by atomic mass is 10.0. The summed E-state index contributed by atoms with van der Waals surface area (Å²) < 4.78 is 0. The molecule has 18 heavy (non-hydrogen) atoms. The van der Waals surface area contributed by atoms with Crippen LogP contribution in [0, 0.1) is 11.3 Å². The van der Waals surface area contributed by atoms with Gasteiger partial charge in [-0.1, -0.05) is 6.92 Å². The minimum Gasteiger partial charge on any atom is -0.299 e. The molecule has 102 valence electrons. The number of nitrogens with zero attached hydrogens (tertiary/aromatic N) is 3. The van der Waals surface area contributed by atoms with Crippen molar-refractivity contribution in [2.24, 2.45) is 0 Å². The molecule has 4 nitrogen and oxygen atoms in total. The summed E-state index contributed by atoms with van der Waals surface area (Å²) >= 11 is 0. The third kappa shape index (κ3) is 3.23. The molecule has 2 unspecified atom stereocenters. The van der Waals surface area contributed by atoms with E-state index in [4.69, 9.17) is 0 Å². The highest BCUT2D eigenvalue weighted by Gasteiger charge is 2.34. The van der Waals surface area contributed by atoms with Gasteiger partial charge in [0.15, 0.2) is 0 Å². The fourth-order valence-corrected chi connectivity index (χ4v) is 3.18. The zero-order chi connectivity index (χ0) is 13.0. The highest BCUT2D eigenvalue weighted by atomic mass is 15.3. The minimum absolute atomic E-state index is 0.392. The van der Waals surface area contributed by atoms with Crippen LogP contribution in [0.5, 0.6) is 0 Å². The van der Waals surface area contributed by atoms with Crippen LogP contribution >= 0.6 is 0 Å². The van der Waals surface area contributed by atoms with Crippen molar-refractivity contribution < 1.29 is 0 Å². The van der Waals surface area contributed by atoms with Gasteiger partial charge in [0, 0.05) is 32.2 Å². The maximum absolute atomic E-state index is 9.38. The Hall–Kier alpha value is -0.630. The Labute approximate surface area is 111 Å². The molecule has 0 spiro atoms. The highest BCUT2D eigenvalue weighted by molar-refractivity contribution is 5.06. The van der Waals surface area contributed by atoms with E-state index < -0.39 is 5.54 Å². The monoisotopic (exact) mass is 250 g/mol. The SMILES string of the molecule is CCCNC(C)(C#N)CN1CCN2CCCC2C1. The molecule has 2 aliphatic rings. The normalized spacial score (nSPS) is 28.6. The molecule has 2 atom stereocenters. The molecule has 0 bridgehead atoms. The van der Waals surface area contributed by atoms with Crippen molar-refractivity contribution in [1.82, 2.24) is 15.1 Å². The molecule has 0 aromatic heterocycles. The lowest BCUT2D eigenvalue weighted by Crippen LogP contribution is -2.57. The quantitative estimate of drug-likeness (QED) is 0.792. The maximum Gasteiger partial charge on any atom is 0.116 e. The second-order valence-electron chi connectivity index (χ2n) is 5.94. The maximum atomic E-state index is 9.38. The molecule has 0 amide bonds. The van der Waals surface area contributed by atoms with E-state index >= 15 is 0 Å². The van der Waals surface area contributed by atoms with Crippen LogP contribution < -0.4 is 5.32 Å². The first-order valence-corrected chi connectivity index (χ1v) is 7.29. The van der Waals surface area contributed by atoms with Gasteiger partial charge >= 0.3 is 0 Å². The van der Waals surface area contributed by atoms with E-state index in [2.05, 4.69) is 28.1 Å². The van der Waals surface area contributed by atoms with Crippen LogP contribution in [0.4, 0.5) is 0 Å². The van der Waals surface area contributed by atoms with Crippen molar-refractivity contribution in [3.05, 3.63) is 0 Å². The zero-order valence-electron chi connectivity index (χ0n) is 11.8. The van der Waals surface area contributed by atoms with Crippen LogP contribution in [0.3, 0.4) is 0 Å². The topological polar surface area (TPSA) is 42.3 Å². The molecule has 0 aromatic carbocycles. The Morgan fingerprint density at radius 2 is 2.22 bits per heavy atom. The summed E-state index contributed by atoms with van der Waals surface area (Å²) in [4.78, 5) is 5.08. The van der Waals surface area contributed by atoms with E-state index in [0.29, 0.717) is 0 Å². The first-order chi connectivity index (χ1) is 8.67. The molecular weight excluding hydrogens is 224 g/mol. The van der Waals surface area contributed by atoms with Crippen molar-refractivity contribution in [2.45, 2.75) is 44.7 Å². The van der Waals surface area contributed by atoms with Crippen LogP contribution in [0.25, 0.3) is 0 Å². The molecule has 0 aromatic rings. The summed E-state index contributed by atoms with van der Waals surface area (Å²) in [6, 6.07) is 3.20. The Balaban J connectivity index is 1.86. The molecule has 0 aliphatic carbocycles. The number of piperazine rings is 1. The van der Waals surface area contributed by atoms with Crippen molar-refractivity contribution in [2.75, 3.05) is 39.3 Å². The predicted octanol–water partition coefficient (Wildman–Crippen LogP) is 1.05. The summed E-state index contributed by atoms with van der Waals surface area (Å²) in [5.41, 5.74) is -0.392. The molecule has 2 fully saturated rings. The average Bonchev–Trinajstić information content (AvgIpc) is 2.84. The third-order valence-electron chi connectivity index (χ3n) is 4.22. The van der Waals surface area contributed by atoms with E-state index in [1.54, 1.807) is 0 Å². The van der Waals surface area contributed by atoms with Gasteiger partial charge in [-0.05, 0) is 39.3 Å². The Kier molecular flexibility index (Phi) is 4.60. The molecule has 2 saturated heterocycles. The number of hydrogen-bond acceptors (Lipinski definition) is 4. The summed E-state index contributed by atoms with van der Waals surface area (Å²) in [6.07, 6.45) is 3.76.